The predicted octanol–water partition coefficient (Wildman–Crippen LogP) is -0.542. The second kappa shape index (κ2) is 2.35. The van der Waals surface area contributed by atoms with E-state index in [9.17, 15) is 0 Å². The minimum Gasteiger partial charge on any atom is -0.382 e. The molecule has 2 aromatic heterocycles. The molecule has 2 rings (SSSR count). The molecule has 5 nitrogen and oxygen atoms in total. The van der Waals surface area contributed by atoms with Gasteiger partial charge in [-0.2, -0.15) is 9.97 Å². The number of nitrogen functional groups attached to an aromatic ring is 1. The van der Waals surface area contributed by atoms with Gasteiger partial charge in [0.25, 0.3) is 0 Å². The Balaban J connectivity index is 2.92. The first kappa shape index (κ1) is 7.36. The summed E-state index contributed by atoms with van der Waals surface area (Å²) in [6.45, 7) is 0. The maximum absolute atomic E-state index is 5.61. The van der Waals surface area contributed by atoms with Crippen LogP contribution in [0, 0.1) is 0 Å². The SMILES string of the molecule is Bn1cnc2c(N)nc(Cl)nc21. The van der Waals surface area contributed by atoms with Crippen molar-refractivity contribution in [2.24, 2.45) is 0 Å². The van der Waals surface area contributed by atoms with Crippen molar-refractivity contribution < 1.29 is 0 Å². The smallest absolute Gasteiger partial charge is 0.226 e. The van der Waals surface area contributed by atoms with Crippen LogP contribution < -0.4 is 5.73 Å². The molecule has 7 heteroatoms. The van der Waals surface area contributed by atoms with Gasteiger partial charge in [0, 0.05) is 0 Å². The van der Waals surface area contributed by atoms with Crippen molar-refractivity contribution in [3.63, 3.8) is 0 Å². The summed E-state index contributed by atoms with van der Waals surface area (Å²) < 4.78 is 1.74. The third-order valence-corrected chi connectivity index (χ3v) is 1.73. The highest BCUT2D eigenvalue weighted by atomic mass is 35.5. The highest BCUT2D eigenvalue weighted by Gasteiger charge is 2.06. The maximum atomic E-state index is 5.61. The lowest BCUT2D eigenvalue weighted by molar-refractivity contribution is 1.17. The van der Waals surface area contributed by atoms with Crippen LogP contribution in [0.15, 0.2) is 6.33 Å². The van der Waals surface area contributed by atoms with Crippen LogP contribution in [0.3, 0.4) is 0 Å². The molecule has 2 N–H and O–H groups in total. The van der Waals surface area contributed by atoms with E-state index in [1.165, 1.54) is 0 Å². The van der Waals surface area contributed by atoms with Gasteiger partial charge in [-0.15, -0.1) is 0 Å². The molecule has 2 heterocycles. The number of halogens is 1. The van der Waals surface area contributed by atoms with Gasteiger partial charge in [-0.1, -0.05) is 0 Å². The molecular formula is C5H5BClN5. The van der Waals surface area contributed by atoms with E-state index < -0.39 is 0 Å². The van der Waals surface area contributed by atoms with Crippen LogP contribution >= 0.6 is 11.6 Å². The number of hydrogen-bond acceptors (Lipinski definition) is 4. The lowest BCUT2D eigenvalue weighted by atomic mass is 10.4. The van der Waals surface area contributed by atoms with Crippen LogP contribution in [-0.4, -0.2) is 27.4 Å². The van der Waals surface area contributed by atoms with Crippen LogP contribution in [0.5, 0.6) is 0 Å². The Morgan fingerprint density at radius 2 is 2.25 bits per heavy atom. The van der Waals surface area contributed by atoms with E-state index in [1.807, 2.05) is 7.98 Å². The summed E-state index contributed by atoms with van der Waals surface area (Å²) in [6, 6.07) is 0. The highest BCUT2D eigenvalue weighted by molar-refractivity contribution is 6.28. The number of hydrogen-bond donors (Lipinski definition) is 1. The van der Waals surface area contributed by atoms with E-state index in [4.69, 9.17) is 17.3 Å². The van der Waals surface area contributed by atoms with Gasteiger partial charge < -0.3 is 10.2 Å². The topological polar surface area (TPSA) is 69.6 Å². The number of anilines is 1. The highest BCUT2D eigenvalue weighted by Crippen LogP contribution is 2.16. The average molecular weight is 181 g/mol. The van der Waals surface area contributed by atoms with Crippen molar-refractivity contribution in [1.82, 2.24) is 19.4 Å². The fourth-order valence-corrected chi connectivity index (χ4v) is 1.17. The summed E-state index contributed by atoms with van der Waals surface area (Å²) in [5, 5.41) is 0.142. The Labute approximate surface area is 74.0 Å². The molecule has 0 unspecified atom stereocenters. The van der Waals surface area contributed by atoms with E-state index in [1.54, 1.807) is 10.8 Å². The molecule has 2 aromatic rings. The van der Waals surface area contributed by atoms with Crippen molar-refractivity contribution in [2.75, 3.05) is 5.73 Å². The fraction of sp³-hybridized carbons (Fsp3) is 0. The molecule has 12 heavy (non-hydrogen) atoms. The van der Waals surface area contributed by atoms with Gasteiger partial charge in [0.1, 0.15) is 5.52 Å². The lowest BCUT2D eigenvalue weighted by Gasteiger charge is -1.96. The van der Waals surface area contributed by atoms with Crippen molar-refractivity contribution in [2.45, 2.75) is 0 Å². The van der Waals surface area contributed by atoms with Gasteiger partial charge in [-0.3, -0.25) is 0 Å². The quantitative estimate of drug-likeness (QED) is 0.438. The number of rotatable bonds is 0. The average Bonchev–Trinajstić information content (AvgIpc) is 2.33. The Morgan fingerprint density at radius 3 is 3.00 bits per heavy atom. The van der Waals surface area contributed by atoms with Gasteiger partial charge in [0.05, 0.1) is 6.33 Å². The Bertz CT molecular complexity index is 439. The molecular weight excluding hydrogens is 176 g/mol. The standard InChI is InChI=1S/C5H5BClN5/c6-12-1-9-2-3(8)10-5(7)11-4(2)12/h1H,6H2,(H2,8,10,11). The second-order valence-corrected chi connectivity index (χ2v) is 2.74. The molecule has 0 fully saturated rings. The van der Waals surface area contributed by atoms with E-state index in [0.29, 0.717) is 17.0 Å². The largest absolute Gasteiger partial charge is 0.382 e. The molecule has 0 radical (unpaired) electrons. The molecule has 60 valence electrons. The van der Waals surface area contributed by atoms with Crippen molar-refractivity contribution >= 4 is 36.6 Å². The molecule has 0 aliphatic rings. The van der Waals surface area contributed by atoms with Gasteiger partial charge in [0.2, 0.25) is 13.3 Å². The van der Waals surface area contributed by atoms with E-state index in [-0.39, 0.29) is 5.28 Å². The number of imidazole rings is 1. The van der Waals surface area contributed by atoms with Crippen LogP contribution in [0.1, 0.15) is 0 Å². The van der Waals surface area contributed by atoms with Gasteiger partial charge >= 0.3 is 0 Å². The molecule has 0 atom stereocenters. The number of nitrogens with two attached hydrogens (primary N) is 1. The molecule has 0 saturated carbocycles. The zero-order chi connectivity index (χ0) is 8.72. The van der Waals surface area contributed by atoms with Crippen LogP contribution in [0.25, 0.3) is 11.2 Å². The minimum atomic E-state index is 0.142. The number of aromatic nitrogens is 4. The van der Waals surface area contributed by atoms with Gasteiger partial charge in [0.15, 0.2) is 11.5 Å². The summed E-state index contributed by atoms with van der Waals surface area (Å²) >= 11 is 5.61. The molecule has 0 aliphatic carbocycles. The maximum Gasteiger partial charge on any atom is 0.226 e. The Kier molecular flexibility index (Phi) is 1.44. The molecule has 0 amide bonds. The molecule has 0 saturated heterocycles. The van der Waals surface area contributed by atoms with Crippen molar-refractivity contribution in [1.29, 1.82) is 0 Å². The predicted molar refractivity (Wildman–Crippen MR) is 48.7 cm³/mol. The van der Waals surface area contributed by atoms with Crippen molar-refractivity contribution in [3.05, 3.63) is 11.6 Å². The fourth-order valence-electron chi connectivity index (χ4n) is 1.00. The molecule has 0 aliphatic heterocycles. The van der Waals surface area contributed by atoms with Gasteiger partial charge in [-0.25, -0.2) is 4.98 Å². The summed E-state index contributed by atoms with van der Waals surface area (Å²) in [4.78, 5) is 11.8. The van der Waals surface area contributed by atoms with Crippen LogP contribution in [-0.2, 0) is 0 Å². The zero-order valence-corrected chi connectivity index (χ0v) is 7.08. The van der Waals surface area contributed by atoms with E-state index in [2.05, 4.69) is 15.0 Å². The van der Waals surface area contributed by atoms with E-state index in [0.717, 1.165) is 0 Å². The summed E-state index contributed by atoms with van der Waals surface area (Å²) in [5.41, 5.74) is 6.79. The third-order valence-electron chi connectivity index (χ3n) is 1.56. The minimum absolute atomic E-state index is 0.142. The zero-order valence-electron chi connectivity index (χ0n) is 6.32. The molecule has 0 spiro atoms. The molecule has 0 bridgehead atoms. The number of nitrogens with zero attached hydrogens (tertiary/aromatic N) is 4. The normalized spacial score (nSPS) is 10.8. The first-order valence-corrected chi connectivity index (χ1v) is 3.66. The van der Waals surface area contributed by atoms with Crippen LogP contribution in [0.2, 0.25) is 5.28 Å². The Morgan fingerprint density at radius 1 is 1.50 bits per heavy atom. The van der Waals surface area contributed by atoms with Crippen LogP contribution in [0.4, 0.5) is 5.82 Å². The lowest BCUT2D eigenvalue weighted by Crippen LogP contribution is -1.97. The third kappa shape index (κ3) is 0.920. The Hall–Kier alpha value is -1.30. The van der Waals surface area contributed by atoms with Crippen molar-refractivity contribution in [3.8, 4) is 0 Å². The monoisotopic (exact) mass is 181 g/mol. The number of fused-ring (bicyclic) bond motifs is 1. The first-order chi connectivity index (χ1) is 5.68. The van der Waals surface area contributed by atoms with Gasteiger partial charge in [-0.05, 0) is 11.6 Å². The summed E-state index contributed by atoms with van der Waals surface area (Å²) in [5.74, 6) is 0.311. The summed E-state index contributed by atoms with van der Waals surface area (Å²) in [6.07, 6.45) is 1.62. The summed E-state index contributed by atoms with van der Waals surface area (Å²) in [7, 11) is 1.82. The first-order valence-electron chi connectivity index (χ1n) is 3.28. The molecule has 0 aromatic carbocycles. The second-order valence-electron chi connectivity index (χ2n) is 2.41. The van der Waals surface area contributed by atoms with E-state index >= 15 is 0 Å².